The minimum absolute atomic E-state index is 0.264. The van der Waals surface area contributed by atoms with Crippen molar-refractivity contribution < 1.29 is 0 Å². The first-order valence-electron chi connectivity index (χ1n) is 9.44. The van der Waals surface area contributed by atoms with E-state index in [1.54, 1.807) is 17.4 Å². The Balaban J connectivity index is 0.000000243. The van der Waals surface area contributed by atoms with Gasteiger partial charge in [0.2, 0.25) is 0 Å². The molecule has 26 heavy (non-hydrogen) atoms. The average Bonchev–Trinajstić information content (AvgIpc) is 3.17. The smallest absolute Gasteiger partial charge is 0.0897 e. The monoisotopic (exact) mass is 379 g/mol. The summed E-state index contributed by atoms with van der Waals surface area (Å²) in [6.45, 7) is 20.5. The fourth-order valence-electron chi connectivity index (χ4n) is 2.58. The topological polar surface area (TPSA) is 43.4 Å². The highest BCUT2D eigenvalue weighted by atomic mass is 32.1. The second-order valence-corrected chi connectivity index (χ2v) is 8.53. The molecule has 6 heteroatoms. The number of aromatic nitrogens is 1. The molecule has 1 aromatic heterocycles. The summed E-state index contributed by atoms with van der Waals surface area (Å²) >= 11 is 1.74. The van der Waals surface area contributed by atoms with Gasteiger partial charge in [0, 0.05) is 43.0 Å². The maximum atomic E-state index is 4.49. The van der Waals surface area contributed by atoms with E-state index in [2.05, 4.69) is 71.3 Å². The molecule has 0 atom stereocenters. The summed E-state index contributed by atoms with van der Waals surface area (Å²) in [6, 6.07) is 0. The van der Waals surface area contributed by atoms with E-state index in [9.17, 15) is 0 Å². The maximum Gasteiger partial charge on any atom is 0.0897 e. The van der Waals surface area contributed by atoms with Crippen molar-refractivity contribution in [2.45, 2.75) is 53.1 Å². The molecule has 1 fully saturated rings. The van der Waals surface area contributed by atoms with Gasteiger partial charge in [-0.15, -0.1) is 17.9 Å². The minimum Gasteiger partial charge on any atom is -0.373 e. The van der Waals surface area contributed by atoms with Crippen LogP contribution in [0.1, 0.15) is 44.8 Å². The second kappa shape index (κ2) is 12.1. The first-order chi connectivity index (χ1) is 12.4. The molecule has 1 saturated heterocycles. The van der Waals surface area contributed by atoms with Gasteiger partial charge in [-0.1, -0.05) is 6.08 Å². The van der Waals surface area contributed by atoms with Crippen molar-refractivity contribution in [3.63, 3.8) is 0 Å². The molecule has 0 aromatic carbocycles. The summed E-state index contributed by atoms with van der Waals surface area (Å²) in [5.74, 6) is 0. The van der Waals surface area contributed by atoms with Crippen LogP contribution in [0.4, 0.5) is 0 Å². The van der Waals surface area contributed by atoms with Crippen molar-refractivity contribution in [2.75, 3.05) is 32.8 Å². The Morgan fingerprint density at radius 1 is 1.31 bits per heavy atom. The number of allylic oxidation sites excluding steroid dienone is 1. The Kier molecular flexibility index (Phi) is 10.5. The van der Waals surface area contributed by atoms with E-state index in [-0.39, 0.29) is 5.54 Å². The summed E-state index contributed by atoms with van der Waals surface area (Å²) in [7, 11) is 0. The number of nitrogens with zero attached hydrogens (tertiary/aromatic N) is 3. The average molecular weight is 380 g/mol. The van der Waals surface area contributed by atoms with Crippen molar-refractivity contribution in [1.29, 1.82) is 0 Å². The molecule has 0 bridgehead atoms. The van der Waals surface area contributed by atoms with Crippen molar-refractivity contribution in [3.05, 3.63) is 41.1 Å². The molecule has 0 aliphatic carbocycles. The lowest BCUT2D eigenvalue weighted by Crippen LogP contribution is -2.37. The van der Waals surface area contributed by atoms with Gasteiger partial charge in [0.05, 0.1) is 17.4 Å². The van der Waals surface area contributed by atoms with Gasteiger partial charge in [-0.3, -0.25) is 4.90 Å². The molecular formula is C20H37N5S. The van der Waals surface area contributed by atoms with Gasteiger partial charge in [0.1, 0.15) is 0 Å². The van der Waals surface area contributed by atoms with E-state index in [0.29, 0.717) is 0 Å². The maximum absolute atomic E-state index is 4.49. The third-order valence-corrected chi connectivity index (χ3v) is 4.80. The predicted octanol–water partition coefficient (Wildman–Crippen LogP) is 3.56. The van der Waals surface area contributed by atoms with Crippen LogP contribution < -0.4 is 10.6 Å². The molecule has 1 aromatic rings. The first kappa shape index (κ1) is 22.7. The Morgan fingerprint density at radius 2 is 2.04 bits per heavy atom. The normalized spacial score (nSPS) is 17.3. The van der Waals surface area contributed by atoms with Crippen molar-refractivity contribution in [1.82, 2.24) is 25.4 Å². The van der Waals surface area contributed by atoms with Crippen LogP contribution in [0, 0.1) is 6.92 Å². The summed E-state index contributed by atoms with van der Waals surface area (Å²) < 4.78 is 0. The van der Waals surface area contributed by atoms with E-state index >= 15 is 0 Å². The minimum atomic E-state index is 0.264. The van der Waals surface area contributed by atoms with Gasteiger partial charge >= 0.3 is 0 Å². The highest BCUT2D eigenvalue weighted by molar-refractivity contribution is 7.09. The number of rotatable bonds is 2. The molecule has 0 radical (unpaired) electrons. The Labute approximate surface area is 164 Å². The lowest BCUT2D eigenvalue weighted by molar-refractivity contribution is 0.215. The van der Waals surface area contributed by atoms with Crippen LogP contribution in [0.15, 0.2) is 30.4 Å². The molecule has 2 aliphatic rings. The van der Waals surface area contributed by atoms with Crippen LogP contribution in [0.5, 0.6) is 0 Å². The van der Waals surface area contributed by atoms with Crippen LogP contribution in [-0.4, -0.2) is 53.2 Å². The number of hydrogen-bond acceptors (Lipinski definition) is 6. The summed E-state index contributed by atoms with van der Waals surface area (Å²) in [5, 5.41) is 9.88. The highest BCUT2D eigenvalue weighted by Crippen LogP contribution is 2.14. The molecule has 0 amide bonds. The number of nitrogens with one attached hydrogen (secondary N) is 2. The summed E-state index contributed by atoms with van der Waals surface area (Å²) in [4.78, 5) is 9.23. The molecule has 0 unspecified atom stereocenters. The van der Waals surface area contributed by atoms with Crippen molar-refractivity contribution in [2.24, 2.45) is 0 Å². The first-order valence-corrected chi connectivity index (χ1v) is 10.3. The van der Waals surface area contributed by atoms with Crippen LogP contribution in [0.2, 0.25) is 0 Å². The molecule has 0 saturated carbocycles. The van der Waals surface area contributed by atoms with Crippen LogP contribution in [0.3, 0.4) is 0 Å². The zero-order valence-electron chi connectivity index (χ0n) is 17.2. The lowest BCUT2D eigenvalue weighted by Gasteiger charge is -2.30. The molecule has 2 aliphatic heterocycles. The zero-order valence-corrected chi connectivity index (χ0v) is 18.0. The van der Waals surface area contributed by atoms with E-state index in [4.69, 9.17) is 0 Å². The fraction of sp³-hybridized carbons (Fsp3) is 0.650. The van der Waals surface area contributed by atoms with Crippen LogP contribution in [0.25, 0.3) is 0 Å². The van der Waals surface area contributed by atoms with Gasteiger partial charge in [-0.05, 0) is 54.1 Å². The van der Waals surface area contributed by atoms with Gasteiger partial charge in [0.25, 0.3) is 0 Å². The van der Waals surface area contributed by atoms with Crippen LogP contribution in [-0.2, 0) is 6.54 Å². The molecule has 3 rings (SSSR count). The Hall–Kier alpha value is -1.37. The molecule has 2 N–H and O–H groups in total. The standard InChI is InChI=1S/C10H17N3S.C7H14N2.C3H6/c1-9-12-10(8-14-9)7-13-5-2-3-11-4-6-13;1-7(2,3)9-5-4-8-6-9;1-3-2/h8,11H,2-7H2,1H3;4-5,8H,6H2,1-3H3;3H,1H2,2H3. The highest BCUT2D eigenvalue weighted by Gasteiger charge is 2.18. The number of hydrogen-bond donors (Lipinski definition) is 2. The third-order valence-electron chi connectivity index (χ3n) is 3.98. The van der Waals surface area contributed by atoms with Gasteiger partial charge in [0.15, 0.2) is 0 Å². The van der Waals surface area contributed by atoms with E-state index < -0.39 is 0 Å². The predicted molar refractivity (Wildman–Crippen MR) is 114 cm³/mol. The van der Waals surface area contributed by atoms with Gasteiger partial charge < -0.3 is 15.5 Å². The SMILES string of the molecule is C=CC.CC(C)(C)N1C=CNC1.Cc1nc(CN2CCCNCC2)cs1. The van der Waals surface area contributed by atoms with Crippen LogP contribution >= 0.6 is 11.3 Å². The quantitative estimate of drug-likeness (QED) is 0.769. The fourth-order valence-corrected chi connectivity index (χ4v) is 3.18. The van der Waals surface area contributed by atoms with E-state index in [1.165, 1.54) is 23.7 Å². The number of thiazole rings is 1. The molecule has 148 valence electrons. The Morgan fingerprint density at radius 3 is 2.54 bits per heavy atom. The largest absolute Gasteiger partial charge is 0.373 e. The van der Waals surface area contributed by atoms with Crippen molar-refractivity contribution in [3.8, 4) is 0 Å². The lowest BCUT2D eigenvalue weighted by atomic mass is 10.1. The van der Waals surface area contributed by atoms with Gasteiger partial charge in [-0.25, -0.2) is 4.98 Å². The second-order valence-electron chi connectivity index (χ2n) is 7.46. The molecule has 5 nitrogen and oxygen atoms in total. The summed E-state index contributed by atoms with van der Waals surface area (Å²) in [6.07, 6.45) is 7.06. The van der Waals surface area contributed by atoms with Crippen molar-refractivity contribution >= 4 is 11.3 Å². The Bertz CT molecular complexity index is 525. The molecular weight excluding hydrogens is 342 g/mol. The zero-order chi connectivity index (χ0) is 19.4. The summed E-state index contributed by atoms with van der Waals surface area (Å²) in [5.41, 5.74) is 1.49. The molecule has 3 heterocycles. The third kappa shape index (κ3) is 9.36. The van der Waals surface area contributed by atoms with E-state index in [0.717, 1.165) is 32.8 Å². The van der Waals surface area contributed by atoms with Gasteiger partial charge in [-0.2, -0.15) is 0 Å². The van der Waals surface area contributed by atoms with E-state index in [1.807, 2.05) is 13.1 Å². The molecule has 0 spiro atoms. The number of aryl methyl sites for hydroxylation is 1.